The Balaban J connectivity index is 1.75. The van der Waals surface area contributed by atoms with Crippen LogP contribution in [0.1, 0.15) is 77.0 Å². The Morgan fingerprint density at radius 1 is 0.778 bits per heavy atom. The van der Waals surface area contributed by atoms with Crippen LogP contribution in [0.5, 0.6) is 0 Å². The first kappa shape index (κ1) is 11.5. The van der Waals surface area contributed by atoms with Crippen molar-refractivity contribution in [1.82, 2.24) is 0 Å². The third kappa shape index (κ3) is 1.62. The van der Waals surface area contributed by atoms with Crippen LogP contribution < -0.4 is 0 Å². The highest BCUT2D eigenvalue weighted by molar-refractivity contribution is 5.30. The predicted octanol–water partition coefficient (Wildman–Crippen LogP) is 4.76. The summed E-state index contributed by atoms with van der Waals surface area (Å²) < 4.78 is 6.75. The van der Waals surface area contributed by atoms with Crippen molar-refractivity contribution in [1.29, 1.82) is 0 Å². The van der Waals surface area contributed by atoms with E-state index >= 15 is 0 Å². The van der Waals surface area contributed by atoms with E-state index in [0.29, 0.717) is 11.7 Å². The molecule has 100 valence electrons. The molecule has 4 rings (SSSR count). The van der Waals surface area contributed by atoms with Gasteiger partial charge < -0.3 is 4.74 Å². The maximum atomic E-state index is 6.75. The Bertz CT molecular complexity index is 362. The highest BCUT2D eigenvalue weighted by Gasteiger charge is 2.50. The van der Waals surface area contributed by atoms with Gasteiger partial charge in [0.15, 0.2) is 0 Å². The summed E-state index contributed by atoms with van der Waals surface area (Å²) in [5.41, 5.74) is 3.95. The van der Waals surface area contributed by atoms with Gasteiger partial charge in [-0.3, -0.25) is 0 Å². The second-order valence-corrected chi connectivity index (χ2v) is 6.97. The highest BCUT2D eigenvalue weighted by Crippen LogP contribution is 2.54. The summed E-state index contributed by atoms with van der Waals surface area (Å²) in [7, 11) is 0. The molecule has 3 saturated carbocycles. The van der Waals surface area contributed by atoms with Crippen LogP contribution in [0, 0.1) is 5.92 Å². The fraction of sp³-hybridized carbons (Fsp3) is 0.882. The fourth-order valence-corrected chi connectivity index (χ4v) is 5.26. The summed E-state index contributed by atoms with van der Waals surface area (Å²) in [5, 5.41) is 0. The molecule has 18 heavy (non-hydrogen) atoms. The lowest BCUT2D eigenvalue weighted by Gasteiger charge is -2.50. The molecule has 0 bridgehead atoms. The summed E-state index contributed by atoms with van der Waals surface area (Å²) in [6.45, 7) is 0. The normalized spacial score (nSPS) is 38.7. The Kier molecular flexibility index (Phi) is 2.80. The van der Waals surface area contributed by atoms with Crippen molar-refractivity contribution in [2.75, 3.05) is 0 Å². The van der Waals surface area contributed by atoms with Crippen LogP contribution >= 0.6 is 0 Å². The molecule has 0 saturated heterocycles. The minimum absolute atomic E-state index is 0.293. The van der Waals surface area contributed by atoms with Gasteiger partial charge in [-0.25, -0.2) is 0 Å². The molecule has 0 radical (unpaired) electrons. The molecule has 3 aliphatic carbocycles. The second-order valence-electron chi connectivity index (χ2n) is 6.97. The monoisotopic (exact) mass is 246 g/mol. The summed E-state index contributed by atoms with van der Waals surface area (Å²) in [4.78, 5) is 0. The summed E-state index contributed by atoms with van der Waals surface area (Å²) in [5.74, 6) is 0.818. The molecule has 0 amide bonds. The van der Waals surface area contributed by atoms with Crippen molar-refractivity contribution in [2.45, 2.75) is 88.8 Å². The standard InChI is InChI=1S/C17H26O/c1-3-9-15-13(7-1)14-8-2-4-10-16(14)18-17(15)11-5-6-12-17/h15-16H,1-12H2/t15-,16-/m1/s1. The molecule has 0 aromatic carbocycles. The first-order valence-corrected chi connectivity index (χ1v) is 8.29. The molecular weight excluding hydrogens is 220 g/mol. The molecule has 0 aromatic rings. The first-order chi connectivity index (χ1) is 8.89. The third-order valence-corrected chi connectivity index (χ3v) is 6.04. The van der Waals surface area contributed by atoms with Crippen LogP contribution in [0.4, 0.5) is 0 Å². The summed E-state index contributed by atoms with van der Waals surface area (Å²) in [6, 6.07) is 0. The molecule has 1 heteroatoms. The molecule has 3 fully saturated rings. The van der Waals surface area contributed by atoms with Crippen molar-refractivity contribution < 1.29 is 4.74 Å². The Hall–Kier alpha value is -0.300. The van der Waals surface area contributed by atoms with Gasteiger partial charge >= 0.3 is 0 Å². The van der Waals surface area contributed by atoms with Crippen LogP contribution in [-0.4, -0.2) is 11.7 Å². The summed E-state index contributed by atoms with van der Waals surface area (Å²) >= 11 is 0. The average molecular weight is 246 g/mol. The zero-order valence-corrected chi connectivity index (χ0v) is 11.5. The van der Waals surface area contributed by atoms with E-state index in [9.17, 15) is 0 Å². The van der Waals surface area contributed by atoms with Crippen LogP contribution in [0.15, 0.2) is 11.1 Å². The topological polar surface area (TPSA) is 9.23 Å². The lowest BCUT2D eigenvalue weighted by molar-refractivity contribution is -0.128. The van der Waals surface area contributed by atoms with Gasteiger partial charge in [0.1, 0.15) is 0 Å². The molecule has 1 nitrogen and oxygen atoms in total. The van der Waals surface area contributed by atoms with Gasteiger partial charge in [0.2, 0.25) is 0 Å². The van der Waals surface area contributed by atoms with E-state index in [2.05, 4.69) is 0 Å². The van der Waals surface area contributed by atoms with E-state index in [1.807, 2.05) is 5.57 Å². The van der Waals surface area contributed by atoms with Crippen molar-refractivity contribution in [2.24, 2.45) is 5.92 Å². The second kappa shape index (κ2) is 4.37. The Morgan fingerprint density at radius 3 is 2.33 bits per heavy atom. The van der Waals surface area contributed by atoms with E-state index < -0.39 is 0 Å². The Labute approximate surface area is 111 Å². The van der Waals surface area contributed by atoms with E-state index in [1.165, 1.54) is 77.0 Å². The van der Waals surface area contributed by atoms with E-state index in [4.69, 9.17) is 4.74 Å². The van der Waals surface area contributed by atoms with Crippen molar-refractivity contribution >= 4 is 0 Å². The average Bonchev–Trinajstić information content (AvgIpc) is 2.89. The van der Waals surface area contributed by atoms with Crippen molar-refractivity contribution in [3.8, 4) is 0 Å². The molecular formula is C17H26O. The molecule has 1 aliphatic heterocycles. The molecule has 4 aliphatic rings. The minimum Gasteiger partial charge on any atom is -0.367 e. The number of fused-ring (bicyclic) bond motifs is 3. The van der Waals surface area contributed by atoms with E-state index in [1.54, 1.807) is 5.57 Å². The molecule has 2 atom stereocenters. The molecule has 0 unspecified atom stereocenters. The van der Waals surface area contributed by atoms with Gasteiger partial charge in [-0.05, 0) is 56.9 Å². The zero-order chi connectivity index (χ0) is 12.0. The lowest BCUT2D eigenvalue weighted by Crippen LogP contribution is -2.48. The maximum Gasteiger partial charge on any atom is 0.0795 e. The SMILES string of the molecule is C1CC[C@@H]2C(=C3CCCC[C@H]3OC23CCCC3)C1. The highest BCUT2D eigenvalue weighted by atomic mass is 16.5. The van der Waals surface area contributed by atoms with Crippen LogP contribution in [0.2, 0.25) is 0 Å². The van der Waals surface area contributed by atoms with Crippen molar-refractivity contribution in [3.63, 3.8) is 0 Å². The zero-order valence-electron chi connectivity index (χ0n) is 11.5. The lowest BCUT2D eigenvalue weighted by atomic mass is 9.67. The van der Waals surface area contributed by atoms with E-state index in [-0.39, 0.29) is 0 Å². The molecule has 1 heterocycles. The Morgan fingerprint density at radius 2 is 1.50 bits per heavy atom. The molecule has 0 aromatic heterocycles. The fourth-order valence-electron chi connectivity index (χ4n) is 5.26. The van der Waals surface area contributed by atoms with E-state index in [0.717, 1.165) is 5.92 Å². The predicted molar refractivity (Wildman–Crippen MR) is 73.5 cm³/mol. The smallest absolute Gasteiger partial charge is 0.0795 e. The largest absolute Gasteiger partial charge is 0.367 e. The van der Waals surface area contributed by atoms with Gasteiger partial charge in [0, 0.05) is 5.92 Å². The quantitative estimate of drug-likeness (QED) is 0.560. The molecule has 1 spiro atoms. The number of hydrogen-bond acceptors (Lipinski definition) is 1. The van der Waals surface area contributed by atoms with Crippen LogP contribution in [0.25, 0.3) is 0 Å². The number of rotatable bonds is 0. The van der Waals surface area contributed by atoms with Crippen LogP contribution in [0.3, 0.4) is 0 Å². The number of ether oxygens (including phenoxy) is 1. The maximum absolute atomic E-state index is 6.75. The van der Waals surface area contributed by atoms with Crippen molar-refractivity contribution in [3.05, 3.63) is 11.1 Å². The number of hydrogen-bond donors (Lipinski definition) is 0. The molecule has 0 N–H and O–H groups in total. The van der Waals surface area contributed by atoms with Gasteiger partial charge in [-0.15, -0.1) is 0 Å². The summed E-state index contributed by atoms with van der Waals surface area (Å²) in [6.07, 6.45) is 17.2. The third-order valence-electron chi connectivity index (χ3n) is 6.04. The van der Waals surface area contributed by atoms with Gasteiger partial charge in [-0.1, -0.05) is 31.3 Å². The minimum atomic E-state index is 0.293. The van der Waals surface area contributed by atoms with Crippen LogP contribution in [-0.2, 0) is 4.74 Å². The first-order valence-electron chi connectivity index (χ1n) is 8.29. The van der Waals surface area contributed by atoms with Gasteiger partial charge in [0.05, 0.1) is 11.7 Å². The van der Waals surface area contributed by atoms with Gasteiger partial charge in [0.25, 0.3) is 0 Å². The van der Waals surface area contributed by atoms with Gasteiger partial charge in [-0.2, -0.15) is 0 Å².